The predicted molar refractivity (Wildman–Crippen MR) is 79.7 cm³/mol. The molecule has 0 aromatic heterocycles. The fraction of sp³-hybridized carbons (Fsp3) is 0.133. The quantitative estimate of drug-likeness (QED) is 0.784. The molecule has 0 fully saturated rings. The fourth-order valence-electron chi connectivity index (χ4n) is 2.44. The Bertz CT molecular complexity index is 647. The van der Waals surface area contributed by atoms with E-state index in [0.29, 0.717) is 17.4 Å². The molecule has 3 rings (SSSR count). The van der Waals surface area contributed by atoms with Gasteiger partial charge in [-0.1, -0.05) is 23.7 Å². The van der Waals surface area contributed by atoms with Crippen molar-refractivity contribution < 1.29 is 0 Å². The maximum absolute atomic E-state index is 6.10. The number of nitrogen functional groups attached to an aromatic ring is 1. The third-order valence-corrected chi connectivity index (χ3v) is 3.68. The maximum atomic E-state index is 6.10. The van der Waals surface area contributed by atoms with E-state index < -0.39 is 0 Å². The maximum Gasteiger partial charge on any atom is 0.125 e. The van der Waals surface area contributed by atoms with Gasteiger partial charge >= 0.3 is 0 Å². The first-order valence-corrected chi connectivity index (χ1v) is 6.48. The van der Waals surface area contributed by atoms with Gasteiger partial charge in [0.15, 0.2) is 0 Å². The van der Waals surface area contributed by atoms with Crippen LogP contribution in [0.15, 0.2) is 47.5 Å². The summed E-state index contributed by atoms with van der Waals surface area (Å²) in [7, 11) is 0. The lowest BCUT2D eigenvalue weighted by Crippen LogP contribution is -2.24. The first kappa shape index (κ1) is 12.1. The highest BCUT2D eigenvalue weighted by molar-refractivity contribution is 6.30. The van der Waals surface area contributed by atoms with Crippen LogP contribution >= 0.6 is 11.6 Å². The van der Waals surface area contributed by atoms with Crippen molar-refractivity contribution >= 4 is 23.1 Å². The molecule has 0 unspecified atom stereocenters. The highest BCUT2D eigenvalue weighted by Crippen LogP contribution is 2.33. The number of rotatable bonds is 1. The molecule has 0 saturated heterocycles. The number of halogens is 1. The van der Waals surface area contributed by atoms with Crippen LogP contribution < -0.4 is 11.5 Å². The molecule has 4 N–H and O–H groups in total. The number of hydrogen-bond donors (Lipinski definition) is 2. The minimum atomic E-state index is 0.182. The van der Waals surface area contributed by atoms with Crippen molar-refractivity contribution in [1.82, 2.24) is 0 Å². The minimum absolute atomic E-state index is 0.182. The molecule has 0 saturated carbocycles. The zero-order valence-corrected chi connectivity index (χ0v) is 11.1. The molecule has 2 aromatic rings. The number of benzene rings is 2. The van der Waals surface area contributed by atoms with Crippen molar-refractivity contribution in [2.75, 3.05) is 12.3 Å². The molecule has 3 nitrogen and oxygen atoms in total. The highest BCUT2D eigenvalue weighted by Gasteiger charge is 2.23. The Kier molecular flexibility index (Phi) is 2.91. The number of nitrogens with zero attached hydrogens (tertiary/aromatic N) is 1. The summed E-state index contributed by atoms with van der Waals surface area (Å²) in [6.07, 6.45) is 0. The molecule has 1 aliphatic heterocycles. The van der Waals surface area contributed by atoms with Crippen LogP contribution in [0.3, 0.4) is 0 Å². The Morgan fingerprint density at radius 1 is 1.05 bits per heavy atom. The van der Waals surface area contributed by atoms with Crippen LogP contribution in [0.5, 0.6) is 0 Å². The van der Waals surface area contributed by atoms with Gasteiger partial charge in [-0.2, -0.15) is 0 Å². The SMILES string of the molecule is NC1=NC[C@H](c2ccc(N)cc2)c2cc(Cl)ccc21. The van der Waals surface area contributed by atoms with Crippen molar-refractivity contribution in [3.63, 3.8) is 0 Å². The second kappa shape index (κ2) is 4.59. The second-order valence-electron chi connectivity index (χ2n) is 4.68. The number of amidine groups is 1. The Morgan fingerprint density at radius 2 is 1.79 bits per heavy atom. The summed E-state index contributed by atoms with van der Waals surface area (Å²) in [5.74, 6) is 0.764. The van der Waals surface area contributed by atoms with Crippen LogP contribution in [0, 0.1) is 0 Å². The summed E-state index contributed by atoms with van der Waals surface area (Å²) in [5, 5.41) is 0.717. The predicted octanol–water partition coefficient (Wildman–Crippen LogP) is 2.77. The average molecular weight is 272 g/mol. The average Bonchev–Trinajstić information content (AvgIpc) is 2.40. The van der Waals surface area contributed by atoms with Gasteiger partial charge in [-0.25, -0.2) is 0 Å². The molecule has 4 heteroatoms. The van der Waals surface area contributed by atoms with Crippen molar-refractivity contribution in [1.29, 1.82) is 0 Å². The molecule has 1 heterocycles. The Hall–Kier alpha value is -2.00. The van der Waals surface area contributed by atoms with Gasteiger partial charge in [0.25, 0.3) is 0 Å². The van der Waals surface area contributed by atoms with Gasteiger partial charge < -0.3 is 11.5 Å². The zero-order chi connectivity index (χ0) is 13.4. The second-order valence-corrected chi connectivity index (χ2v) is 5.11. The van der Waals surface area contributed by atoms with Crippen LogP contribution in [0.25, 0.3) is 0 Å². The smallest absolute Gasteiger partial charge is 0.125 e. The largest absolute Gasteiger partial charge is 0.399 e. The molecule has 96 valence electrons. The van der Waals surface area contributed by atoms with Crippen LogP contribution in [0.4, 0.5) is 5.69 Å². The van der Waals surface area contributed by atoms with Gasteiger partial charge in [0.2, 0.25) is 0 Å². The van der Waals surface area contributed by atoms with Crippen molar-refractivity contribution in [2.45, 2.75) is 5.92 Å². The third-order valence-electron chi connectivity index (χ3n) is 3.45. The van der Waals surface area contributed by atoms with Crippen LogP contribution in [0.2, 0.25) is 5.02 Å². The molecule has 0 radical (unpaired) electrons. The zero-order valence-electron chi connectivity index (χ0n) is 10.3. The van der Waals surface area contributed by atoms with E-state index in [1.165, 1.54) is 5.56 Å². The van der Waals surface area contributed by atoms with E-state index in [0.717, 1.165) is 16.8 Å². The minimum Gasteiger partial charge on any atom is -0.399 e. The van der Waals surface area contributed by atoms with E-state index in [-0.39, 0.29) is 5.92 Å². The van der Waals surface area contributed by atoms with Crippen LogP contribution in [-0.2, 0) is 0 Å². The molecule has 1 atom stereocenters. The van der Waals surface area contributed by atoms with Gasteiger partial charge in [0, 0.05) is 22.2 Å². The van der Waals surface area contributed by atoms with E-state index in [4.69, 9.17) is 23.1 Å². The summed E-state index contributed by atoms with van der Waals surface area (Å²) >= 11 is 6.10. The Morgan fingerprint density at radius 3 is 2.53 bits per heavy atom. The lowest BCUT2D eigenvalue weighted by atomic mass is 9.86. The lowest BCUT2D eigenvalue weighted by Gasteiger charge is -2.24. The Labute approximate surface area is 116 Å². The number of hydrogen-bond acceptors (Lipinski definition) is 3. The van der Waals surface area contributed by atoms with E-state index in [2.05, 4.69) is 4.99 Å². The van der Waals surface area contributed by atoms with Crippen molar-refractivity contribution in [3.8, 4) is 0 Å². The third kappa shape index (κ3) is 2.17. The molecule has 0 aliphatic carbocycles. The molecule has 0 spiro atoms. The van der Waals surface area contributed by atoms with Gasteiger partial charge in [-0.3, -0.25) is 4.99 Å². The first-order chi connectivity index (χ1) is 9.15. The first-order valence-electron chi connectivity index (χ1n) is 6.10. The van der Waals surface area contributed by atoms with Crippen molar-refractivity contribution in [2.24, 2.45) is 10.7 Å². The van der Waals surface area contributed by atoms with Crippen molar-refractivity contribution in [3.05, 3.63) is 64.2 Å². The standard InChI is InChI=1S/C15H14ClN3/c16-10-3-6-12-13(7-10)14(8-19-15(12)18)9-1-4-11(17)5-2-9/h1-7,14H,8,17H2,(H2,18,19)/t14-/m1/s1. The molecule has 0 bridgehead atoms. The number of nitrogens with two attached hydrogens (primary N) is 2. The van der Waals surface area contributed by atoms with E-state index in [1.807, 2.05) is 42.5 Å². The number of fused-ring (bicyclic) bond motifs is 1. The number of aliphatic imine (C=N–C) groups is 1. The van der Waals surface area contributed by atoms with E-state index >= 15 is 0 Å². The molecule has 19 heavy (non-hydrogen) atoms. The van der Waals surface area contributed by atoms with Crippen LogP contribution in [-0.4, -0.2) is 12.4 Å². The lowest BCUT2D eigenvalue weighted by molar-refractivity contribution is 0.802. The molecule has 0 amide bonds. The van der Waals surface area contributed by atoms with Gasteiger partial charge in [0.05, 0.1) is 6.54 Å². The van der Waals surface area contributed by atoms with E-state index in [1.54, 1.807) is 0 Å². The monoisotopic (exact) mass is 271 g/mol. The Balaban J connectivity index is 2.11. The number of anilines is 1. The summed E-state index contributed by atoms with van der Waals surface area (Å²) in [4.78, 5) is 4.40. The van der Waals surface area contributed by atoms with E-state index in [9.17, 15) is 0 Å². The van der Waals surface area contributed by atoms with Crippen LogP contribution in [0.1, 0.15) is 22.6 Å². The molecule has 2 aromatic carbocycles. The van der Waals surface area contributed by atoms with Gasteiger partial charge in [-0.05, 0) is 41.5 Å². The molecular formula is C15H14ClN3. The summed E-state index contributed by atoms with van der Waals surface area (Å²) < 4.78 is 0. The van der Waals surface area contributed by atoms with Gasteiger partial charge in [-0.15, -0.1) is 0 Å². The summed E-state index contributed by atoms with van der Waals surface area (Å²) in [6.45, 7) is 0.642. The summed E-state index contributed by atoms with van der Waals surface area (Å²) in [6, 6.07) is 13.6. The fourth-order valence-corrected chi connectivity index (χ4v) is 2.62. The highest BCUT2D eigenvalue weighted by atomic mass is 35.5. The molecule has 1 aliphatic rings. The molecular weight excluding hydrogens is 258 g/mol. The topological polar surface area (TPSA) is 64.4 Å². The van der Waals surface area contributed by atoms with Gasteiger partial charge in [0.1, 0.15) is 5.84 Å². The normalized spacial score (nSPS) is 17.7. The summed E-state index contributed by atoms with van der Waals surface area (Å²) in [5.41, 5.74) is 15.7.